The van der Waals surface area contributed by atoms with E-state index in [1.807, 2.05) is 24.3 Å². The number of hydrogen-bond donors (Lipinski definition) is 0. The molecule has 0 spiro atoms. The van der Waals surface area contributed by atoms with Gasteiger partial charge in [-0.3, -0.25) is 9.69 Å². The minimum absolute atomic E-state index is 0.183. The molecule has 1 aliphatic rings. The van der Waals surface area contributed by atoms with Crippen LogP contribution in [0.15, 0.2) is 24.3 Å². The molecule has 4 heteroatoms. The standard InChI is InChI=1S/C14H20N2O2/c1-15-7-9-16(10-8-15)11-14(17)12-3-5-13(18-2)6-4-12/h3-6H,7-11H2,1-2H3. The molecule has 1 aromatic rings. The summed E-state index contributed by atoms with van der Waals surface area (Å²) in [5.41, 5.74) is 0.759. The van der Waals surface area contributed by atoms with E-state index in [1.165, 1.54) is 0 Å². The van der Waals surface area contributed by atoms with Crippen LogP contribution in [0, 0.1) is 0 Å². The molecule has 0 amide bonds. The van der Waals surface area contributed by atoms with E-state index in [0.717, 1.165) is 37.5 Å². The fourth-order valence-corrected chi connectivity index (χ4v) is 2.08. The van der Waals surface area contributed by atoms with Crippen LogP contribution in [0.4, 0.5) is 0 Å². The predicted octanol–water partition coefficient (Wildman–Crippen LogP) is 1.13. The van der Waals surface area contributed by atoms with Gasteiger partial charge in [0, 0.05) is 31.7 Å². The molecule has 0 atom stereocenters. The van der Waals surface area contributed by atoms with Crippen LogP contribution in [0.25, 0.3) is 0 Å². The van der Waals surface area contributed by atoms with E-state index in [1.54, 1.807) is 7.11 Å². The molecule has 2 rings (SSSR count). The molecule has 4 nitrogen and oxygen atoms in total. The van der Waals surface area contributed by atoms with Crippen molar-refractivity contribution in [2.75, 3.05) is 46.9 Å². The molecule has 1 aliphatic heterocycles. The Morgan fingerprint density at radius 3 is 2.33 bits per heavy atom. The summed E-state index contributed by atoms with van der Waals surface area (Å²) in [4.78, 5) is 16.6. The summed E-state index contributed by atoms with van der Waals surface area (Å²) in [6.45, 7) is 4.53. The fraction of sp³-hybridized carbons (Fsp3) is 0.500. The molecule has 0 radical (unpaired) electrons. The number of methoxy groups -OCH3 is 1. The third kappa shape index (κ3) is 3.31. The van der Waals surface area contributed by atoms with Gasteiger partial charge in [0.15, 0.2) is 5.78 Å². The van der Waals surface area contributed by atoms with Crippen molar-refractivity contribution in [3.63, 3.8) is 0 Å². The van der Waals surface area contributed by atoms with E-state index >= 15 is 0 Å². The summed E-state index contributed by atoms with van der Waals surface area (Å²) < 4.78 is 5.08. The number of rotatable bonds is 4. The summed E-state index contributed by atoms with van der Waals surface area (Å²) in [6.07, 6.45) is 0. The zero-order chi connectivity index (χ0) is 13.0. The molecule has 1 heterocycles. The lowest BCUT2D eigenvalue weighted by atomic mass is 10.1. The second-order valence-corrected chi connectivity index (χ2v) is 4.73. The van der Waals surface area contributed by atoms with Crippen molar-refractivity contribution >= 4 is 5.78 Å². The largest absolute Gasteiger partial charge is 0.497 e. The van der Waals surface area contributed by atoms with Gasteiger partial charge in [0.2, 0.25) is 0 Å². The topological polar surface area (TPSA) is 32.8 Å². The Labute approximate surface area is 108 Å². The third-order valence-electron chi connectivity index (χ3n) is 3.38. The predicted molar refractivity (Wildman–Crippen MR) is 71.3 cm³/mol. The second-order valence-electron chi connectivity index (χ2n) is 4.73. The number of carbonyl (C=O) groups excluding carboxylic acids is 1. The Balaban J connectivity index is 1.90. The Morgan fingerprint density at radius 2 is 1.78 bits per heavy atom. The smallest absolute Gasteiger partial charge is 0.176 e. The molecule has 0 bridgehead atoms. The van der Waals surface area contributed by atoms with E-state index < -0.39 is 0 Å². The average Bonchev–Trinajstić information content (AvgIpc) is 2.41. The molecule has 0 aromatic heterocycles. The fourth-order valence-electron chi connectivity index (χ4n) is 2.08. The molecule has 0 aliphatic carbocycles. The van der Waals surface area contributed by atoms with Crippen LogP contribution in [0.2, 0.25) is 0 Å². The third-order valence-corrected chi connectivity index (χ3v) is 3.38. The van der Waals surface area contributed by atoms with E-state index in [4.69, 9.17) is 4.74 Å². The van der Waals surface area contributed by atoms with Crippen molar-refractivity contribution in [3.05, 3.63) is 29.8 Å². The zero-order valence-electron chi connectivity index (χ0n) is 11.1. The number of carbonyl (C=O) groups is 1. The van der Waals surface area contributed by atoms with Crippen LogP contribution in [0.5, 0.6) is 5.75 Å². The molecule has 1 aromatic carbocycles. The Kier molecular flexibility index (Phi) is 4.33. The van der Waals surface area contributed by atoms with Gasteiger partial charge in [0.05, 0.1) is 13.7 Å². The number of likely N-dealkylation sites (N-methyl/N-ethyl adjacent to an activating group) is 1. The van der Waals surface area contributed by atoms with Gasteiger partial charge >= 0.3 is 0 Å². The lowest BCUT2D eigenvalue weighted by Crippen LogP contribution is -2.46. The molecule has 0 saturated carbocycles. The highest BCUT2D eigenvalue weighted by molar-refractivity contribution is 5.97. The molecule has 0 unspecified atom stereocenters. The molecular formula is C14H20N2O2. The molecule has 0 N–H and O–H groups in total. The number of ketones is 1. The number of nitrogens with zero attached hydrogens (tertiary/aromatic N) is 2. The van der Waals surface area contributed by atoms with Gasteiger partial charge in [-0.15, -0.1) is 0 Å². The van der Waals surface area contributed by atoms with E-state index in [-0.39, 0.29) is 5.78 Å². The first-order valence-electron chi connectivity index (χ1n) is 6.27. The van der Waals surface area contributed by atoms with Crippen molar-refractivity contribution in [3.8, 4) is 5.75 Å². The Hall–Kier alpha value is -1.39. The Morgan fingerprint density at radius 1 is 1.17 bits per heavy atom. The first kappa shape index (κ1) is 13.1. The first-order valence-corrected chi connectivity index (χ1v) is 6.27. The number of benzene rings is 1. The molecule has 98 valence electrons. The molecule has 18 heavy (non-hydrogen) atoms. The van der Waals surface area contributed by atoms with Crippen LogP contribution < -0.4 is 4.74 Å². The normalized spacial score (nSPS) is 17.7. The van der Waals surface area contributed by atoms with E-state index in [0.29, 0.717) is 6.54 Å². The SMILES string of the molecule is COc1ccc(C(=O)CN2CCN(C)CC2)cc1. The highest BCUT2D eigenvalue weighted by Crippen LogP contribution is 2.12. The number of piperazine rings is 1. The van der Waals surface area contributed by atoms with Gasteiger partial charge in [0.1, 0.15) is 5.75 Å². The minimum atomic E-state index is 0.183. The number of Topliss-reactive ketones (excluding diaryl/α,β-unsaturated/α-hetero) is 1. The quantitative estimate of drug-likeness (QED) is 0.748. The van der Waals surface area contributed by atoms with Crippen molar-refractivity contribution < 1.29 is 9.53 Å². The van der Waals surface area contributed by atoms with Gasteiger partial charge in [-0.05, 0) is 31.3 Å². The van der Waals surface area contributed by atoms with Gasteiger partial charge in [-0.1, -0.05) is 0 Å². The van der Waals surface area contributed by atoms with Gasteiger partial charge in [-0.25, -0.2) is 0 Å². The van der Waals surface area contributed by atoms with Gasteiger partial charge < -0.3 is 9.64 Å². The summed E-state index contributed by atoms with van der Waals surface area (Å²) in [6, 6.07) is 7.32. The molecular weight excluding hydrogens is 228 g/mol. The summed E-state index contributed by atoms with van der Waals surface area (Å²) in [7, 11) is 3.74. The van der Waals surface area contributed by atoms with Gasteiger partial charge in [-0.2, -0.15) is 0 Å². The van der Waals surface area contributed by atoms with Crippen molar-refractivity contribution in [2.24, 2.45) is 0 Å². The molecule has 1 saturated heterocycles. The maximum atomic E-state index is 12.1. The average molecular weight is 248 g/mol. The number of hydrogen-bond acceptors (Lipinski definition) is 4. The van der Waals surface area contributed by atoms with Crippen LogP contribution in [-0.4, -0.2) is 62.5 Å². The van der Waals surface area contributed by atoms with Crippen LogP contribution >= 0.6 is 0 Å². The van der Waals surface area contributed by atoms with Crippen molar-refractivity contribution in [2.45, 2.75) is 0 Å². The second kappa shape index (κ2) is 5.98. The number of ether oxygens (including phenoxy) is 1. The highest BCUT2D eigenvalue weighted by atomic mass is 16.5. The van der Waals surface area contributed by atoms with Crippen molar-refractivity contribution in [1.82, 2.24) is 9.80 Å². The van der Waals surface area contributed by atoms with Crippen LogP contribution in [0.3, 0.4) is 0 Å². The monoisotopic (exact) mass is 248 g/mol. The summed E-state index contributed by atoms with van der Waals surface area (Å²) in [5.74, 6) is 0.966. The van der Waals surface area contributed by atoms with E-state index in [2.05, 4.69) is 16.8 Å². The van der Waals surface area contributed by atoms with Crippen LogP contribution in [-0.2, 0) is 0 Å². The Bertz CT molecular complexity index is 395. The first-order chi connectivity index (χ1) is 8.69. The maximum Gasteiger partial charge on any atom is 0.176 e. The molecule has 1 fully saturated rings. The van der Waals surface area contributed by atoms with Crippen LogP contribution in [0.1, 0.15) is 10.4 Å². The lowest BCUT2D eigenvalue weighted by molar-refractivity contribution is 0.0876. The summed E-state index contributed by atoms with van der Waals surface area (Å²) in [5, 5.41) is 0. The zero-order valence-corrected chi connectivity index (χ0v) is 11.1. The maximum absolute atomic E-state index is 12.1. The lowest BCUT2D eigenvalue weighted by Gasteiger charge is -2.31. The minimum Gasteiger partial charge on any atom is -0.497 e. The van der Waals surface area contributed by atoms with Crippen molar-refractivity contribution in [1.29, 1.82) is 0 Å². The summed E-state index contributed by atoms with van der Waals surface area (Å²) >= 11 is 0. The van der Waals surface area contributed by atoms with E-state index in [9.17, 15) is 4.79 Å². The highest BCUT2D eigenvalue weighted by Gasteiger charge is 2.17. The van der Waals surface area contributed by atoms with Gasteiger partial charge in [0.25, 0.3) is 0 Å².